The van der Waals surface area contributed by atoms with Crippen molar-refractivity contribution in [2.45, 2.75) is 0 Å². The average Bonchev–Trinajstić information content (AvgIpc) is 2.45. The number of fused-ring (bicyclic) bond motifs is 1. The molecular formula is C7H6N4O2. The van der Waals surface area contributed by atoms with E-state index in [1.54, 1.807) is 12.1 Å². The smallest absolute Gasteiger partial charge is 0.270 e. The van der Waals surface area contributed by atoms with Crippen molar-refractivity contribution in [1.82, 2.24) is 14.9 Å². The summed E-state index contributed by atoms with van der Waals surface area (Å²) in [6, 6.07) is 3.25. The van der Waals surface area contributed by atoms with Crippen molar-refractivity contribution in [2.24, 2.45) is 5.73 Å². The summed E-state index contributed by atoms with van der Waals surface area (Å²) in [4.78, 5) is 15.2. The predicted octanol–water partition coefficient (Wildman–Crippen LogP) is -0.233. The number of nitrogens with two attached hydrogens (primary N) is 1. The Morgan fingerprint density at radius 2 is 2.38 bits per heavy atom. The molecule has 0 bridgehead atoms. The van der Waals surface area contributed by atoms with Gasteiger partial charge in [-0.25, -0.2) is 4.98 Å². The number of rotatable bonds is 1. The molecule has 3 N–H and O–H groups in total. The topological polar surface area (TPSA) is 94.0 Å². The quantitative estimate of drug-likeness (QED) is 0.589. The highest BCUT2D eigenvalue weighted by Gasteiger charge is 2.14. The summed E-state index contributed by atoms with van der Waals surface area (Å²) >= 11 is 0. The minimum atomic E-state index is -0.689. The predicted molar refractivity (Wildman–Crippen MR) is 43.2 cm³/mol. The lowest BCUT2D eigenvalue weighted by molar-refractivity contribution is 0.0984. The number of nitrogens with zero attached hydrogens (tertiary/aromatic N) is 3. The van der Waals surface area contributed by atoms with Gasteiger partial charge < -0.3 is 10.9 Å². The van der Waals surface area contributed by atoms with Gasteiger partial charge in [-0.15, -0.1) is 5.10 Å². The average molecular weight is 178 g/mol. The van der Waals surface area contributed by atoms with Gasteiger partial charge in [-0.3, -0.25) is 4.79 Å². The van der Waals surface area contributed by atoms with Gasteiger partial charge in [0.25, 0.3) is 5.91 Å². The summed E-state index contributed by atoms with van der Waals surface area (Å²) in [6.07, 6.45) is 1.49. The number of hydrogen-bond donors (Lipinski definition) is 2. The molecule has 6 heteroatoms. The molecule has 2 aromatic rings. The van der Waals surface area contributed by atoms with E-state index < -0.39 is 5.91 Å². The van der Waals surface area contributed by atoms with E-state index in [-0.39, 0.29) is 11.3 Å². The second-order valence-electron chi connectivity index (χ2n) is 2.48. The van der Waals surface area contributed by atoms with Crippen LogP contribution in [0.3, 0.4) is 0 Å². The van der Waals surface area contributed by atoms with E-state index in [0.29, 0.717) is 10.2 Å². The van der Waals surface area contributed by atoms with Crippen LogP contribution in [0.2, 0.25) is 0 Å². The SMILES string of the molecule is NC(=O)c1nn(O)c2ncccc12. The molecule has 1 amide bonds. The first-order chi connectivity index (χ1) is 6.20. The molecule has 6 nitrogen and oxygen atoms in total. The maximum atomic E-state index is 10.8. The molecule has 13 heavy (non-hydrogen) atoms. The summed E-state index contributed by atoms with van der Waals surface area (Å²) in [5, 5.41) is 13.1. The van der Waals surface area contributed by atoms with Gasteiger partial charge in [0.05, 0.1) is 5.39 Å². The van der Waals surface area contributed by atoms with Crippen LogP contribution in [0.15, 0.2) is 18.3 Å². The van der Waals surface area contributed by atoms with Crippen LogP contribution in [-0.2, 0) is 0 Å². The Bertz CT molecular complexity index is 476. The van der Waals surface area contributed by atoms with Gasteiger partial charge in [0.1, 0.15) is 0 Å². The highest BCUT2D eigenvalue weighted by Crippen LogP contribution is 2.13. The van der Waals surface area contributed by atoms with E-state index in [1.807, 2.05) is 0 Å². The summed E-state index contributed by atoms with van der Waals surface area (Å²) in [5.41, 5.74) is 5.28. The fraction of sp³-hybridized carbons (Fsp3) is 0. The molecule has 0 saturated heterocycles. The highest BCUT2D eigenvalue weighted by molar-refractivity contribution is 6.02. The molecule has 0 aromatic carbocycles. The molecule has 0 aliphatic heterocycles. The molecule has 0 aliphatic rings. The highest BCUT2D eigenvalue weighted by atomic mass is 16.5. The Morgan fingerprint density at radius 3 is 3.08 bits per heavy atom. The third kappa shape index (κ3) is 0.994. The number of carbonyl (C=O) groups excluding carboxylic acids is 1. The van der Waals surface area contributed by atoms with Gasteiger partial charge >= 0.3 is 0 Å². The minimum absolute atomic E-state index is 0.0191. The molecule has 66 valence electrons. The Hall–Kier alpha value is -2.11. The summed E-state index contributed by atoms with van der Waals surface area (Å²) in [5.74, 6) is -0.689. The van der Waals surface area contributed by atoms with Gasteiger partial charge in [-0.2, -0.15) is 0 Å². The second kappa shape index (κ2) is 2.44. The zero-order chi connectivity index (χ0) is 9.42. The molecule has 0 aliphatic carbocycles. The molecule has 0 spiro atoms. The van der Waals surface area contributed by atoms with E-state index >= 15 is 0 Å². The maximum absolute atomic E-state index is 10.8. The third-order valence-electron chi connectivity index (χ3n) is 1.66. The first-order valence-electron chi connectivity index (χ1n) is 3.53. The van der Waals surface area contributed by atoms with Crippen LogP contribution in [0, 0.1) is 0 Å². The number of primary amides is 1. The fourth-order valence-corrected chi connectivity index (χ4v) is 1.12. The Kier molecular flexibility index (Phi) is 1.42. The van der Waals surface area contributed by atoms with Crippen molar-refractivity contribution >= 4 is 16.9 Å². The number of aromatic nitrogens is 3. The normalized spacial score (nSPS) is 10.5. The zero-order valence-electron chi connectivity index (χ0n) is 6.51. The van der Waals surface area contributed by atoms with Gasteiger partial charge in [0.15, 0.2) is 11.3 Å². The van der Waals surface area contributed by atoms with Crippen molar-refractivity contribution in [3.63, 3.8) is 0 Å². The molecule has 0 atom stereocenters. The van der Waals surface area contributed by atoms with Crippen molar-refractivity contribution < 1.29 is 10.0 Å². The van der Waals surface area contributed by atoms with Crippen molar-refractivity contribution in [1.29, 1.82) is 0 Å². The Morgan fingerprint density at radius 1 is 1.62 bits per heavy atom. The first-order valence-corrected chi connectivity index (χ1v) is 3.53. The number of amides is 1. The molecule has 2 rings (SSSR count). The monoisotopic (exact) mass is 178 g/mol. The van der Waals surface area contributed by atoms with Crippen LogP contribution in [-0.4, -0.2) is 26.0 Å². The van der Waals surface area contributed by atoms with E-state index in [0.717, 1.165) is 0 Å². The van der Waals surface area contributed by atoms with Crippen molar-refractivity contribution in [2.75, 3.05) is 0 Å². The molecule has 2 aromatic heterocycles. The minimum Gasteiger partial charge on any atom is -0.410 e. The third-order valence-corrected chi connectivity index (χ3v) is 1.66. The Balaban J connectivity index is 2.85. The number of hydrogen-bond acceptors (Lipinski definition) is 4. The van der Waals surface area contributed by atoms with Gasteiger partial charge in [-0.05, 0) is 12.1 Å². The molecule has 0 radical (unpaired) electrons. The lowest BCUT2D eigenvalue weighted by Crippen LogP contribution is -2.12. The van der Waals surface area contributed by atoms with E-state index in [9.17, 15) is 10.0 Å². The zero-order valence-corrected chi connectivity index (χ0v) is 6.51. The van der Waals surface area contributed by atoms with Crippen LogP contribution in [0.1, 0.15) is 10.5 Å². The van der Waals surface area contributed by atoms with Crippen molar-refractivity contribution in [3.05, 3.63) is 24.0 Å². The first kappa shape index (κ1) is 7.53. The van der Waals surface area contributed by atoms with Crippen LogP contribution < -0.4 is 5.73 Å². The number of carbonyl (C=O) groups is 1. The largest absolute Gasteiger partial charge is 0.410 e. The molecular weight excluding hydrogens is 172 g/mol. The fourth-order valence-electron chi connectivity index (χ4n) is 1.12. The lowest BCUT2D eigenvalue weighted by atomic mass is 10.2. The van der Waals surface area contributed by atoms with E-state index in [4.69, 9.17) is 5.73 Å². The van der Waals surface area contributed by atoms with E-state index in [1.165, 1.54) is 6.20 Å². The molecule has 0 unspecified atom stereocenters. The molecule has 0 fully saturated rings. The maximum Gasteiger partial charge on any atom is 0.270 e. The van der Waals surface area contributed by atoms with Gasteiger partial charge in [0.2, 0.25) is 0 Å². The molecule has 0 saturated carbocycles. The summed E-state index contributed by atoms with van der Waals surface area (Å²) in [7, 11) is 0. The van der Waals surface area contributed by atoms with Crippen LogP contribution in [0.4, 0.5) is 0 Å². The van der Waals surface area contributed by atoms with Crippen LogP contribution in [0.25, 0.3) is 11.0 Å². The second-order valence-corrected chi connectivity index (χ2v) is 2.48. The lowest BCUT2D eigenvalue weighted by Gasteiger charge is -1.88. The van der Waals surface area contributed by atoms with Gasteiger partial charge in [-0.1, -0.05) is 4.85 Å². The van der Waals surface area contributed by atoms with Gasteiger partial charge in [0, 0.05) is 6.20 Å². The summed E-state index contributed by atoms with van der Waals surface area (Å²) < 4.78 is 0. The van der Waals surface area contributed by atoms with E-state index in [2.05, 4.69) is 10.1 Å². The van der Waals surface area contributed by atoms with Crippen LogP contribution in [0.5, 0.6) is 0 Å². The standard InChI is InChI=1S/C7H6N4O2/c8-6(12)5-4-2-1-3-9-7(4)11(13)10-5/h1-3,13H,(H2,8,12). The Labute approximate surface area is 72.6 Å². The summed E-state index contributed by atoms with van der Waals surface area (Å²) in [6.45, 7) is 0. The van der Waals surface area contributed by atoms with Crippen LogP contribution >= 0.6 is 0 Å². The van der Waals surface area contributed by atoms with Crippen molar-refractivity contribution in [3.8, 4) is 0 Å². The number of pyridine rings is 1. The molecule has 2 heterocycles.